The van der Waals surface area contributed by atoms with E-state index in [1.807, 2.05) is 32.1 Å². The Balaban J connectivity index is 2.83. The Labute approximate surface area is 90.9 Å². The molecule has 0 atom stereocenters. The van der Waals surface area contributed by atoms with E-state index in [9.17, 15) is 0 Å². The van der Waals surface area contributed by atoms with E-state index < -0.39 is 0 Å². The molecule has 0 radical (unpaired) electrons. The number of nitrogens with zero attached hydrogens (tertiary/aromatic N) is 1. The number of halogens is 1. The van der Waals surface area contributed by atoms with Crippen LogP contribution in [-0.4, -0.2) is 27.7 Å². The molecule has 1 N–H and O–H groups in total. The summed E-state index contributed by atoms with van der Waals surface area (Å²) in [6.07, 6.45) is 1.04. The van der Waals surface area contributed by atoms with Gasteiger partial charge in [-0.1, -0.05) is 17.7 Å². The minimum absolute atomic E-state index is 0.809. The van der Waals surface area contributed by atoms with Crippen LogP contribution in [0.4, 0.5) is 5.69 Å². The fourth-order valence-corrected chi connectivity index (χ4v) is 1.61. The summed E-state index contributed by atoms with van der Waals surface area (Å²) in [4.78, 5) is 2.03. The molecule has 3 heteroatoms. The van der Waals surface area contributed by atoms with Crippen LogP contribution in [-0.2, 0) is 6.42 Å². The first-order valence-electron chi connectivity index (χ1n) is 4.75. The molecule has 0 bridgehead atoms. The quantitative estimate of drug-likeness (QED) is 0.823. The molecule has 1 aromatic rings. The molecule has 78 valence electrons. The van der Waals surface area contributed by atoms with Gasteiger partial charge in [0.05, 0.1) is 10.7 Å². The van der Waals surface area contributed by atoms with Crippen LogP contribution in [0.2, 0.25) is 5.02 Å². The minimum Gasteiger partial charge on any atom is -0.376 e. The minimum atomic E-state index is 0.809. The van der Waals surface area contributed by atoms with Crippen molar-refractivity contribution in [3.63, 3.8) is 0 Å². The molecule has 14 heavy (non-hydrogen) atoms. The molecule has 0 unspecified atom stereocenters. The van der Waals surface area contributed by atoms with E-state index in [-0.39, 0.29) is 0 Å². The molecule has 0 saturated heterocycles. The Morgan fingerprint density at radius 2 is 2.07 bits per heavy atom. The predicted octanol–water partition coefficient (Wildman–Crippen LogP) is 2.17. The van der Waals surface area contributed by atoms with Crippen LogP contribution in [0.1, 0.15) is 5.56 Å². The molecule has 0 fully saturated rings. The average molecular weight is 213 g/mol. The fraction of sp³-hybridized carbons (Fsp3) is 0.455. The molecule has 0 aromatic heterocycles. The highest BCUT2D eigenvalue weighted by Gasteiger charge is 2.03. The van der Waals surface area contributed by atoms with Gasteiger partial charge in [0.1, 0.15) is 0 Å². The molecule has 2 nitrogen and oxygen atoms in total. The van der Waals surface area contributed by atoms with E-state index in [1.54, 1.807) is 0 Å². The third-order valence-electron chi connectivity index (χ3n) is 2.16. The van der Waals surface area contributed by atoms with E-state index >= 15 is 0 Å². The normalized spacial score (nSPS) is 10.3. The number of anilines is 1. The number of hydrogen-bond acceptors (Lipinski definition) is 2. The van der Waals surface area contributed by atoms with Gasteiger partial charge in [0.25, 0.3) is 0 Å². The smallest absolute Gasteiger partial charge is 0.0639 e. The van der Waals surface area contributed by atoms with Gasteiger partial charge in [-0.2, -0.15) is 0 Å². The summed E-state index contributed by atoms with van der Waals surface area (Å²) in [5.74, 6) is 0. The standard InChI is InChI=1S/C11H17ClN2/c1-13-7-6-9-4-5-10(12)11(8-9)14(2)3/h4-5,8,13H,6-7H2,1-3H3. The van der Waals surface area contributed by atoms with Crippen molar-refractivity contribution in [1.29, 1.82) is 0 Å². The van der Waals surface area contributed by atoms with Crippen molar-refractivity contribution in [3.8, 4) is 0 Å². The van der Waals surface area contributed by atoms with E-state index in [0.717, 1.165) is 23.7 Å². The summed E-state index contributed by atoms with van der Waals surface area (Å²) < 4.78 is 0. The van der Waals surface area contributed by atoms with Crippen molar-refractivity contribution < 1.29 is 0 Å². The summed E-state index contributed by atoms with van der Waals surface area (Å²) in [5.41, 5.74) is 2.40. The van der Waals surface area contributed by atoms with Gasteiger partial charge in [0, 0.05) is 14.1 Å². The molecule has 0 spiro atoms. The predicted molar refractivity (Wildman–Crippen MR) is 63.4 cm³/mol. The van der Waals surface area contributed by atoms with Crippen molar-refractivity contribution in [2.45, 2.75) is 6.42 Å². The van der Waals surface area contributed by atoms with Crippen LogP contribution in [0.5, 0.6) is 0 Å². The molecule has 0 saturated carbocycles. The molecule has 0 aliphatic heterocycles. The highest BCUT2D eigenvalue weighted by Crippen LogP contribution is 2.25. The van der Waals surface area contributed by atoms with Gasteiger partial charge in [-0.05, 0) is 37.7 Å². The van der Waals surface area contributed by atoms with Crippen molar-refractivity contribution >= 4 is 17.3 Å². The molecular weight excluding hydrogens is 196 g/mol. The number of benzene rings is 1. The SMILES string of the molecule is CNCCc1ccc(Cl)c(N(C)C)c1. The highest BCUT2D eigenvalue weighted by atomic mass is 35.5. The zero-order valence-corrected chi connectivity index (χ0v) is 9.73. The zero-order valence-electron chi connectivity index (χ0n) is 8.97. The largest absolute Gasteiger partial charge is 0.376 e. The van der Waals surface area contributed by atoms with Crippen LogP contribution in [0.15, 0.2) is 18.2 Å². The second-order valence-electron chi connectivity index (χ2n) is 3.53. The van der Waals surface area contributed by atoms with Crippen LogP contribution < -0.4 is 10.2 Å². The molecular formula is C11H17ClN2. The summed E-state index contributed by atoms with van der Waals surface area (Å²) in [6.45, 7) is 0.995. The maximum absolute atomic E-state index is 6.07. The number of likely N-dealkylation sites (N-methyl/N-ethyl adjacent to an activating group) is 1. The topological polar surface area (TPSA) is 15.3 Å². The highest BCUT2D eigenvalue weighted by molar-refractivity contribution is 6.33. The van der Waals surface area contributed by atoms with Crippen molar-refractivity contribution in [1.82, 2.24) is 5.32 Å². The fourth-order valence-electron chi connectivity index (χ4n) is 1.33. The van der Waals surface area contributed by atoms with Crippen LogP contribution in [0, 0.1) is 0 Å². The van der Waals surface area contributed by atoms with E-state index in [1.165, 1.54) is 5.56 Å². The maximum atomic E-state index is 6.07. The van der Waals surface area contributed by atoms with Crippen molar-refractivity contribution in [2.24, 2.45) is 0 Å². The summed E-state index contributed by atoms with van der Waals surface area (Å²) >= 11 is 6.07. The molecule has 0 amide bonds. The van der Waals surface area contributed by atoms with E-state index in [0.29, 0.717) is 0 Å². The van der Waals surface area contributed by atoms with Crippen LogP contribution in [0.25, 0.3) is 0 Å². The molecule has 1 rings (SSSR count). The Kier molecular flexibility index (Phi) is 4.23. The van der Waals surface area contributed by atoms with E-state index in [2.05, 4.69) is 17.4 Å². The average Bonchev–Trinajstić information content (AvgIpc) is 2.16. The third kappa shape index (κ3) is 2.89. The van der Waals surface area contributed by atoms with Crippen molar-refractivity contribution in [2.75, 3.05) is 32.6 Å². The first kappa shape index (κ1) is 11.3. The van der Waals surface area contributed by atoms with E-state index in [4.69, 9.17) is 11.6 Å². The van der Waals surface area contributed by atoms with Gasteiger partial charge >= 0.3 is 0 Å². The summed E-state index contributed by atoms with van der Waals surface area (Å²) in [6, 6.07) is 6.17. The number of hydrogen-bond donors (Lipinski definition) is 1. The van der Waals surface area contributed by atoms with Gasteiger partial charge in [0.15, 0.2) is 0 Å². The Morgan fingerprint density at radius 1 is 1.36 bits per heavy atom. The van der Waals surface area contributed by atoms with Crippen LogP contribution >= 0.6 is 11.6 Å². The number of nitrogens with one attached hydrogen (secondary N) is 1. The van der Waals surface area contributed by atoms with Gasteiger partial charge in [-0.3, -0.25) is 0 Å². The number of rotatable bonds is 4. The second kappa shape index (κ2) is 5.23. The molecule has 0 aliphatic rings. The van der Waals surface area contributed by atoms with Gasteiger partial charge in [-0.15, -0.1) is 0 Å². The van der Waals surface area contributed by atoms with Gasteiger partial charge in [-0.25, -0.2) is 0 Å². The van der Waals surface area contributed by atoms with Gasteiger partial charge < -0.3 is 10.2 Å². The maximum Gasteiger partial charge on any atom is 0.0639 e. The second-order valence-corrected chi connectivity index (χ2v) is 3.94. The zero-order chi connectivity index (χ0) is 10.6. The summed E-state index contributed by atoms with van der Waals surface area (Å²) in [7, 11) is 5.97. The van der Waals surface area contributed by atoms with Gasteiger partial charge in [0.2, 0.25) is 0 Å². The molecule has 0 aliphatic carbocycles. The van der Waals surface area contributed by atoms with Crippen molar-refractivity contribution in [3.05, 3.63) is 28.8 Å². The lowest BCUT2D eigenvalue weighted by Crippen LogP contribution is -2.12. The third-order valence-corrected chi connectivity index (χ3v) is 2.48. The monoisotopic (exact) mass is 212 g/mol. The summed E-state index contributed by atoms with van der Waals surface area (Å²) in [5, 5.41) is 3.94. The Morgan fingerprint density at radius 3 is 2.64 bits per heavy atom. The Bertz CT molecular complexity index is 297. The van der Waals surface area contributed by atoms with Crippen LogP contribution in [0.3, 0.4) is 0 Å². The molecule has 0 heterocycles. The lowest BCUT2D eigenvalue weighted by Gasteiger charge is -2.15. The first-order chi connectivity index (χ1) is 6.65. The lowest BCUT2D eigenvalue weighted by molar-refractivity contribution is 0.791. The first-order valence-corrected chi connectivity index (χ1v) is 5.13. The Hall–Kier alpha value is -0.730. The lowest BCUT2D eigenvalue weighted by atomic mass is 10.1. The molecule has 1 aromatic carbocycles.